The van der Waals surface area contributed by atoms with Gasteiger partial charge in [-0.2, -0.15) is 0 Å². The molecule has 4 N–H and O–H groups in total. The molecule has 1 amide bonds. The zero-order valence-corrected chi connectivity index (χ0v) is 8.61. The monoisotopic (exact) mass is 203 g/mol. The molecule has 0 saturated carbocycles. The molecule has 0 aromatic heterocycles. The molecule has 0 aromatic carbocycles. The Hall–Kier alpha value is -0.610. The number of hydrogen-bond donors (Lipinski definition) is 3. The summed E-state index contributed by atoms with van der Waals surface area (Å²) >= 11 is 0. The number of hydrogen-bond acceptors (Lipinski definition) is 3. The van der Waals surface area contributed by atoms with Gasteiger partial charge in [-0.25, -0.2) is 0 Å². The second kappa shape index (κ2) is 8.97. The van der Waals surface area contributed by atoms with Crippen LogP contribution in [0.5, 0.6) is 0 Å². The lowest BCUT2D eigenvalue weighted by molar-refractivity contribution is -0.118. The fourth-order valence-electron chi connectivity index (χ4n) is 1.54. The zero-order chi connectivity index (χ0) is 10.8. The van der Waals surface area contributed by atoms with E-state index in [0.29, 0.717) is 12.3 Å². The molecular formula is C10H21NO3. The summed E-state index contributed by atoms with van der Waals surface area (Å²) < 4.78 is 0. The smallest absolute Gasteiger partial charge is 0.217 e. The minimum atomic E-state index is -0.275. The highest BCUT2D eigenvalue weighted by Gasteiger charge is 2.09. The van der Waals surface area contributed by atoms with Gasteiger partial charge in [-0.05, 0) is 38.0 Å². The predicted molar refractivity (Wildman–Crippen MR) is 54.6 cm³/mol. The Morgan fingerprint density at radius 2 is 1.57 bits per heavy atom. The lowest BCUT2D eigenvalue weighted by Crippen LogP contribution is -2.13. The van der Waals surface area contributed by atoms with E-state index in [4.69, 9.17) is 15.9 Å². The molecule has 0 radical (unpaired) electrons. The number of primary amides is 1. The van der Waals surface area contributed by atoms with Gasteiger partial charge in [0.25, 0.3) is 0 Å². The van der Waals surface area contributed by atoms with Gasteiger partial charge < -0.3 is 15.9 Å². The van der Waals surface area contributed by atoms with E-state index in [1.165, 1.54) is 0 Å². The molecule has 0 fully saturated rings. The van der Waals surface area contributed by atoms with E-state index < -0.39 is 0 Å². The van der Waals surface area contributed by atoms with Crippen LogP contribution in [-0.4, -0.2) is 29.3 Å². The van der Waals surface area contributed by atoms with Crippen LogP contribution in [0.3, 0.4) is 0 Å². The van der Waals surface area contributed by atoms with Gasteiger partial charge in [-0.3, -0.25) is 4.79 Å². The van der Waals surface area contributed by atoms with Gasteiger partial charge in [0, 0.05) is 19.6 Å². The number of amides is 1. The molecule has 0 saturated heterocycles. The normalized spacial score (nSPS) is 10.8. The zero-order valence-electron chi connectivity index (χ0n) is 8.61. The third-order valence-electron chi connectivity index (χ3n) is 2.34. The summed E-state index contributed by atoms with van der Waals surface area (Å²) in [5.41, 5.74) is 5.06. The lowest BCUT2D eigenvalue weighted by Gasteiger charge is -2.14. The summed E-state index contributed by atoms with van der Waals surface area (Å²) in [5, 5.41) is 17.4. The first-order chi connectivity index (χ1) is 6.70. The van der Waals surface area contributed by atoms with Gasteiger partial charge in [0.2, 0.25) is 5.91 Å². The van der Waals surface area contributed by atoms with Crippen molar-refractivity contribution in [3.8, 4) is 0 Å². The quantitative estimate of drug-likeness (QED) is 0.507. The first-order valence-electron chi connectivity index (χ1n) is 5.20. The van der Waals surface area contributed by atoms with Crippen LogP contribution in [0.1, 0.15) is 38.5 Å². The summed E-state index contributed by atoms with van der Waals surface area (Å²) in [6.45, 7) is 0.373. The highest BCUT2D eigenvalue weighted by atomic mass is 16.3. The molecule has 0 aromatic rings. The number of carbonyl (C=O) groups excluding carboxylic acids is 1. The molecular weight excluding hydrogens is 182 g/mol. The van der Waals surface area contributed by atoms with Crippen LogP contribution < -0.4 is 5.73 Å². The maximum absolute atomic E-state index is 10.6. The van der Waals surface area contributed by atoms with Crippen LogP contribution in [-0.2, 0) is 4.79 Å². The van der Waals surface area contributed by atoms with Crippen LogP contribution in [0.2, 0.25) is 0 Å². The summed E-state index contributed by atoms with van der Waals surface area (Å²) in [4.78, 5) is 10.6. The molecule has 4 nitrogen and oxygen atoms in total. The molecule has 0 aliphatic rings. The molecule has 0 aliphatic heterocycles. The second-order valence-corrected chi connectivity index (χ2v) is 3.60. The molecule has 0 heterocycles. The van der Waals surface area contributed by atoms with Gasteiger partial charge in [-0.1, -0.05) is 0 Å². The van der Waals surface area contributed by atoms with Gasteiger partial charge >= 0.3 is 0 Å². The average Bonchev–Trinajstić information content (AvgIpc) is 2.16. The largest absolute Gasteiger partial charge is 0.396 e. The van der Waals surface area contributed by atoms with Crippen molar-refractivity contribution in [3.63, 3.8) is 0 Å². The van der Waals surface area contributed by atoms with Gasteiger partial charge in [0.15, 0.2) is 0 Å². The lowest BCUT2D eigenvalue weighted by atomic mass is 9.93. The molecule has 0 atom stereocenters. The third-order valence-corrected chi connectivity index (χ3v) is 2.34. The minimum absolute atomic E-state index is 0.187. The minimum Gasteiger partial charge on any atom is -0.396 e. The highest BCUT2D eigenvalue weighted by molar-refractivity contribution is 5.73. The van der Waals surface area contributed by atoms with Crippen molar-refractivity contribution in [1.82, 2.24) is 0 Å². The molecule has 14 heavy (non-hydrogen) atoms. The Balaban J connectivity index is 3.65. The van der Waals surface area contributed by atoms with Crippen LogP contribution in [0.4, 0.5) is 0 Å². The number of aliphatic hydroxyl groups is 2. The predicted octanol–water partition coefficient (Wildman–Crippen LogP) is 0.413. The SMILES string of the molecule is NC(=O)CCC(CCCO)CCCO. The maximum Gasteiger partial charge on any atom is 0.217 e. The number of rotatable bonds is 9. The summed E-state index contributed by atoms with van der Waals surface area (Å²) in [7, 11) is 0. The average molecular weight is 203 g/mol. The molecule has 0 unspecified atom stereocenters. The van der Waals surface area contributed by atoms with Crippen molar-refractivity contribution < 1.29 is 15.0 Å². The Kier molecular flexibility index (Phi) is 8.57. The fraction of sp³-hybridized carbons (Fsp3) is 0.900. The fourth-order valence-corrected chi connectivity index (χ4v) is 1.54. The molecule has 0 spiro atoms. The Labute approximate surface area is 85.1 Å². The van der Waals surface area contributed by atoms with Crippen LogP contribution in [0, 0.1) is 5.92 Å². The molecule has 0 rings (SSSR count). The van der Waals surface area contributed by atoms with Crippen molar-refractivity contribution in [2.45, 2.75) is 38.5 Å². The van der Waals surface area contributed by atoms with Crippen molar-refractivity contribution in [2.75, 3.05) is 13.2 Å². The Morgan fingerprint density at radius 3 is 1.93 bits per heavy atom. The molecule has 0 aliphatic carbocycles. The van der Waals surface area contributed by atoms with E-state index in [-0.39, 0.29) is 19.1 Å². The number of carbonyl (C=O) groups is 1. The third kappa shape index (κ3) is 8.01. The summed E-state index contributed by atoms with van der Waals surface area (Å²) in [5.74, 6) is 0.129. The highest BCUT2D eigenvalue weighted by Crippen LogP contribution is 2.18. The van der Waals surface area contributed by atoms with E-state index >= 15 is 0 Å². The van der Waals surface area contributed by atoms with Crippen molar-refractivity contribution in [3.05, 3.63) is 0 Å². The van der Waals surface area contributed by atoms with E-state index in [2.05, 4.69) is 0 Å². The van der Waals surface area contributed by atoms with Crippen LogP contribution in [0.25, 0.3) is 0 Å². The van der Waals surface area contributed by atoms with Crippen LogP contribution in [0.15, 0.2) is 0 Å². The molecule has 4 heteroatoms. The van der Waals surface area contributed by atoms with E-state index in [1.54, 1.807) is 0 Å². The summed E-state index contributed by atoms with van der Waals surface area (Å²) in [6, 6.07) is 0. The standard InChI is InChI=1S/C10H21NO3/c11-10(14)6-5-9(3-1-7-12)4-2-8-13/h9,12-13H,1-8H2,(H2,11,14). The van der Waals surface area contributed by atoms with E-state index in [1.807, 2.05) is 0 Å². The second-order valence-electron chi connectivity index (χ2n) is 3.60. The Bertz CT molecular complexity index is 142. The first kappa shape index (κ1) is 13.4. The Morgan fingerprint density at radius 1 is 1.07 bits per heavy atom. The number of nitrogens with two attached hydrogens (primary N) is 1. The van der Waals surface area contributed by atoms with Crippen molar-refractivity contribution >= 4 is 5.91 Å². The van der Waals surface area contributed by atoms with Gasteiger partial charge in [-0.15, -0.1) is 0 Å². The van der Waals surface area contributed by atoms with E-state index in [0.717, 1.165) is 32.1 Å². The van der Waals surface area contributed by atoms with E-state index in [9.17, 15) is 4.79 Å². The first-order valence-corrected chi connectivity index (χ1v) is 5.20. The summed E-state index contributed by atoms with van der Waals surface area (Å²) in [6.07, 6.45) is 4.51. The topological polar surface area (TPSA) is 83.6 Å². The van der Waals surface area contributed by atoms with Crippen molar-refractivity contribution in [2.24, 2.45) is 11.7 Å². The maximum atomic E-state index is 10.6. The van der Waals surface area contributed by atoms with Gasteiger partial charge in [0.1, 0.15) is 0 Å². The molecule has 84 valence electrons. The number of aliphatic hydroxyl groups excluding tert-OH is 2. The van der Waals surface area contributed by atoms with Crippen LogP contribution >= 0.6 is 0 Å². The van der Waals surface area contributed by atoms with Crippen molar-refractivity contribution in [1.29, 1.82) is 0 Å². The molecule has 0 bridgehead atoms. The van der Waals surface area contributed by atoms with Gasteiger partial charge in [0.05, 0.1) is 0 Å².